The van der Waals surface area contributed by atoms with Gasteiger partial charge in [0.25, 0.3) is 0 Å². The van der Waals surface area contributed by atoms with Crippen LogP contribution in [0.1, 0.15) is 11.1 Å². The Balaban J connectivity index is 1.87. The summed E-state index contributed by atoms with van der Waals surface area (Å²) in [4.78, 5) is 11.8. The highest BCUT2D eigenvalue weighted by Gasteiger charge is 2.07. The lowest BCUT2D eigenvalue weighted by molar-refractivity contribution is 0.240. The van der Waals surface area contributed by atoms with E-state index in [4.69, 9.17) is 27.9 Å². The molecule has 0 atom stereocenters. The maximum atomic E-state index is 11.8. The number of rotatable bonds is 5. The molecule has 6 heteroatoms. The summed E-state index contributed by atoms with van der Waals surface area (Å²) in [6.45, 7) is 0.706. The molecule has 116 valence electrons. The Morgan fingerprint density at radius 1 is 1.05 bits per heavy atom. The van der Waals surface area contributed by atoms with E-state index in [2.05, 4.69) is 10.6 Å². The first-order valence-corrected chi connectivity index (χ1v) is 7.43. The van der Waals surface area contributed by atoms with Crippen molar-refractivity contribution >= 4 is 29.2 Å². The van der Waals surface area contributed by atoms with Crippen molar-refractivity contribution in [3.8, 4) is 5.75 Å². The maximum Gasteiger partial charge on any atom is 0.315 e. The molecule has 22 heavy (non-hydrogen) atoms. The third-order valence-electron chi connectivity index (χ3n) is 3.09. The largest absolute Gasteiger partial charge is 0.496 e. The summed E-state index contributed by atoms with van der Waals surface area (Å²) in [5.74, 6) is 0.638. The minimum atomic E-state index is -0.281. The molecule has 0 radical (unpaired) electrons. The van der Waals surface area contributed by atoms with Gasteiger partial charge in [-0.3, -0.25) is 0 Å². The quantitative estimate of drug-likeness (QED) is 0.865. The van der Waals surface area contributed by atoms with Gasteiger partial charge in [0, 0.05) is 28.7 Å². The van der Waals surface area contributed by atoms with Gasteiger partial charge in [0.15, 0.2) is 0 Å². The molecule has 4 nitrogen and oxygen atoms in total. The molecular weight excluding hydrogens is 323 g/mol. The van der Waals surface area contributed by atoms with Crippen molar-refractivity contribution in [1.29, 1.82) is 0 Å². The van der Waals surface area contributed by atoms with Gasteiger partial charge in [0.2, 0.25) is 0 Å². The lowest BCUT2D eigenvalue weighted by Gasteiger charge is -2.11. The van der Waals surface area contributed by atoms with Crippen LogP contribution in [0.5, 0.6) is 5.75 Å². The molecule has 0 fully saturated rings. The zero-order valence-corrected chi connectivity index (χ0v) is 13.5. The maximum absolute atomic E-state index is 11.8. The number of hydrogen-bond donors (Lipinski definition) is 2. The Kier molecular flexibility index (Phi) is 5.92. The summed E-state index contributed by atoms with van der Waals surface area (Å²) >= 11 is 11.9. The van der Waals surface area contributed by atoms with Crippen LogP contribution in [-0.2, 0) is 13.1 Å². The van der Waals surface area contributed by atoms with E-state index in [9.17, 15) is 4.79 Å². The van der Waals surface area contributed by atoms with Gasteiger partial charge in [-0.15, -0.1) is 0 Å². The molecule has 0 bridgehead atoms. The van der Waals surface area contributed by atoms with Crippen LogP contribution in [0.25, 0.3) is 0 Å². The number of nitrogens with one attached hydrogen (secondary N) is 2. The van der Waals surface area contributed by atoms with Crippen LogP contribution in [0.2, 0.25) is 10.0 Å². The molecule has 2 N–H and O–H groups in total. The molecule has 0 saturated heterocycles. The van der Waals surface area contributed by atoms with Crippen LogP contribution in [0.4, 0.5) is 4.79 Å². The van der Waals surface area contributed by atoms with Crippen LogP contribution in [-0.4, -0.2) is 13.1 Å². The number of methoxy groups -OCH3 is 1. The number of carbonyl (C=O) groups excluding carboxylic acids is 1. The number of carbonyl (C=O) groups is 1. The lowest BCUT2D eigenvalue weighted by atomic mass is 10.2. The van der Waals surface area contributed by atoms with E-state index in [1.54, 1.807) is 25.3 Å². The van der Waals surface area contributed by atoms with Gasteiger partial charge in [-0.25, -0.2) is 4.79 Å². The van der Waals surface area contributed by atoms with E-state index in [-0.39, 0.29) is 6.03 Å². The van der Waals surface area contributed by atoms with Crippen molar-refractivity contribution in [2.45, 2.75) is 13.1 Å². The summed E-state index contributed by atoms with van der Waals surface area (Å²) in [7, 11) is 1.56. The number of hydrogen-bond acceptors (Lipinski definition) is 2. The molecule has 2 aromatic carbocycles. The summed E-state index contributed by atoms with van der Waals surface area (Å²) in [6.07, 6.45) is 0. The summed E-state index contributed by atoms with van der Waals surface area (Å²) < 4.78 is 5.23. The normalized spacial score (nSPS) is 10.1. The number of halogens is 2. The third-order valence-corrected chi connectivity index (χ3v) is 3.69. The monoisotopic (exact) mass is 338 g/mol. The van der Waals surface area contributed by atoms with Crippen LogP contribution in [0.3, 0.4) is 0 Å². The molecule has 2 aromatic rings. The molecule has 2 amide bonds. The van der Waals surface area contributed by atoms with E-state index in [1.807, 2.05) is 24.3 Å². The Bertz CT molecular complexity index is 662. The lowest BCUT2D eigenvalue weighted by Crippen LogP contribution is -2.34. The average Bonchev–Trinajstić information content (AvgIpc) is 2.52. The highest BCUT2D eigenvalue weighted by Crippen LogP contribution is 2.22. The molecule has 0 aromatic heterocycles. The minimum Gasteiger partial charge on any atom is -0.496 e. The van der Waals surface area contributed by atoms with Crippen molar-refractivity contribution < 1.29 is 9.53 Å². The molecular formula is C16H16Cl2N2O2. The molecule has 0 unspecified atom stereocenters. The average molecular weight is 339 g/mol. The van der Waals surface area contributed by atoms with Gasteiger partial charge in [0.1, 0.15) is 5.75 Å². The van der Waals surface area contributed by atoms with E-state index >= 15 is 0 Å². The zero-order chi connectivity index (χ0) is 15.9. The number of benzene rings is 2. The standard InChI is InChI=1S/C16H16Cl2N2O2/c1-22-15-8-13(17)7-6-12(15)10-20-16(21)19-9-11-4-2-3-5-14(11)18/h2-8H,9-10H2,1H3,(H2,19,20,21). The first kappa shape index (κ1) is 16.5. The Morgan fingerprint density at radius 3 is 2.41 bits per heavy atom. The predicted molar refractivity (Wildman–Crippen MR) is 88.5 cm³/mol. The number of urea groups is 1. The minimum absolute atomic E-state index is 0.281. The molecule has 0 aliphatic carbocycles. The summed E-state index contributed by atoms with van der Waals surface area (Å²) in [5.41, 5.74) is 1.71. The molecule has 0 saturated carbocycles. The number of amides is 2. The topological polar surface area (TPSA) is 50.4 Å². The molecule has 0 spiro atoms. The summed E-state index contributed by atoms with van der Waals surface area (Å²) in [6, 6.07) is 12.4. The second-order valence-electron chi connectivity index (χ2n) is 4.58. The smallest absolute Gasteiger partial charge is 0.315 e. The van der Waals surface area contributed by atoms with Crippen molar-refractivity contribution in [2.75, 3.05) is 7.11 Å². The zero-order valence-electron chi connectivity index (χ0n) is 12.0. The van der Waals surface area contributed by atoms with Crippen molar-refractivity contribution in [3.63, 3.8) is 0 Å². The van der Waals surface area contributed by atoms with Crippen LogP contribution in [0.15, 0.2) is 42.5 Å². The number of ether oxygens (including phenoxy) is 1. The SMILES string of the molecule is COc1cc(Cl)ccc1CNC(=O)NCc1ccccc1Cl. The van der Waals surface area contributed by atoms with Gasteiger partial charge in [-0.2, -0.15) is 0 Å². The van der Waals surface area contributed by atoms with E-state index in [0.717, 1.165) is 11.1 Å². The second kappa shape index (κ2) is 7.92. The van der Waals surface area contributed by atoms with Gasteiger partial charge >= 0.3 is 6.03 Å². The first-order valence-electron chi connectivity index (χ1n) is 6.67. The fourth-order valence-corrected chi connectivity index (χ4v) is 2.28. The molecule has 2 rings (SSSR count). The van der Waals surface area contributed by atoms with Crippen molar-refractivity contribution in [1.82, 2.24) is 10.6 Å². The van der Waals surface area contributed by atoms with E-state index in [0.29, 0.717) is 28.9 Å². The van der Waals surface area contributed by atoms with Crippen LogP contribution >= 0.6 is 23.2 Å². The third kappa shape index (κ3) is 4.55. The Morgan fingerprint density at radius 2 is 1.73 bits per heavy atom. The van der Waals surface area contributed by atoms with Gasteiger partial charge in [-0.05, 0) is 23.8 Å². The fraction of sp³-hybridized carbons (Fsp3) is 0.188. The highest BCUT2D eigenvalue weighted by molar-refractivity contribution is 6.31. The van der Waals surface area contributed by atoms with E-state index < -0.39 is 0 Å². The Labute approximate surface area is 139 Å². The summed E-state index contributed by atoms with van der Waals surface area (Å²) in [5, 5.41) is 6.74. The van der Waals surface area contributed by atoms with Crippen LogP contribution < -0.4 is 15.4 Å². The van der Waals surface area contributed by atoms with E-state index in [1.165, 1.54) is 0 Å². The van der Waals surface area contributed by atoms with Gasteiger partial charge in [-0.1, -0.05) is 47.5 Å². The van der Waals surface area contributed by atoms with Gasteiger partial charge < -0.3 is 15.4 Å². The van der Waals surface area contributed by atoms with Crippen molar-refractivity contribution in [2.24, 2.45) is 0 Å². The highest BCUT2D eigenvalue weighted by atomic mass is 35.5. The molecule has 0 aliphatic heterocycles. The fourth-order valence-electron chi connectivity index (χ4n) is 1.92. The van der Waals surface area contributed by atoms with Gasteiger partial charge in [0.05, 0.1) is 7.11 Å². The predicted octanol–water partition coefficient (Wildman–Crippen LogP) is 4.00. The molecule has 0 aliphatic rings. The van der Waals surface area contributed by atoms with Crippen molar-refractivity contribution in [3.05, 3.63) is 63.6 Å². The second-order valence-corrected chi connectivity index (χ2v) is 5.43. The Hall–Kier alpha value is -1.91. The van der Waals surface area contributed by atoms with Crippen LogP contribution in [0, 0.1) is 0 Å². The first-order chi connectivity index (χ1) is 10.6. The molecule has 0 heterocycles.